The second-order valence-electron chi connectivity index (χ2n) is 5.94. The van der Waals surface area contributed by atoms with Gasteiger partial charge in [0.05, 0.1) is 4.47 Å². The number of nitrogens with one attached hydrogen (secondary N) is 1. The molecule has 0 unspecified atom stereocenters. The molecule has 2 nitrogen and oxygen atoms in total. The topological polar surface area (TPSA) is 21.3 Å². The molecule has 0 bridgehead atoms. The van der Waals surface area contributed by atoms with Gasteiger partial charge in [-0.15, -0.1) is 0 Å². The van der Waals surface area contributed by atoms with Crippen molar-refractivity contribution in [3.63, 3.8) is 0 Å². The minimum atomic E-state index is 0.604. The van der Waals surface area contributed by atoms with Crippen molar-refractivity contribution in [3.8, 4) is 5.75 Å². The van der Waals surface area contributed by atoms with E-state index in [9.17, 15) is 0 Å². The molecule has 0 aliphatic carbocycles. The molecule has 2 aromatic carbocycles. The lowest BCUT2D eigenvalue weighted by atomic mass is 9.91. The maximum absolute atomic E-state index is 5.91. The maximum Gasteiger partial charge on any atom is 0.134 e. The average molecular weight is 360 g/mol. The van der Waals surface area contributed by atoms with Crippen molar-refractivity contribution in [2.24, 2.45) is 5.92 Å². The third-order valence-electron chi connectivity index (χ3n) is 4.22. The predicted molar refractivity (Wildman–Crippen MR) is 94.2 cm³/mol. The van der Waals surface area contributed by atoms with Crippen LogP contribution in [-0.2, 0) is 13.0 Å². The number of ether oxygens (including phenoxy) is 1. The summed E-state index contributed by atoms with van der Waals surface area (Å²) < 4.78 is 6.96. The summed E-state index contributed by atoms with van der Waals surface area (Å²) in [6.45, 7) is 2.92. The van der Waals surface area contributed by atoms with Gasteiger partial charge >= 0.3 is 0 Å². The van der Waals surface area contributed by atoms with Crippen molar-refractivity contribution in [1.29, 1.82) is 0 Å². The fraction of sp³-hybridized carbons (Fsp3) is 0.368. The van der Waals surface area contributed by atoms with Crippen LogP contribution < -0.4 is 10.1 Å². The molecule has 1 aliphatic rings. The van der Waals surface area contributed by atoms with E-state index in [2.05, 4.69) is 51.6 Å². The third-order valence-corrected chi connectivity index (χ3v) is 4.84. The van der Waals surface area contributed by atoms with Crippen molar-refractivity contribution in [2.75, 3.05) is 13.1 Å². The van der Waals surface area contributed by atoms with Crippen molar-refractivity contribution >= 4 is 15.9 Å². The monoisotopic (exact) mass is 359 g/mol. The van der Waals surface area contributed by atoms with Crippen LogP contribution in [-0.4, -0.2) is 13.1 Å². The quantitative estimate of drug-likeness (QED) is 0.843. The van der Waals surface area contributed by atoms with Crippen molar-refractivity contribution in [2.45, 2.75) is 25.9 Å². The van der Waals surface area contributed by atoms with Gasteiger partial charge in [0.15, 0.2) is 0 Å². The minimum Gasteiger partial charge on any atom is -0.488 e. The summed E-state index contributed by atoms with van der Waals surface area (Å²) in [6.07, 6.45) is 3.73. The van der Waals surface area contributed by atoms with Gasteiger partial charge in [-0.05, 0) is 77.5 Å². The number of benzene rings is 2. The third kappa shape index (κ3) is 4.34. The van der Waals surface area contributed by atoms with E-state index in [0.717, 1.165) is 29.2 Å². The maximum atomic E-state index is 5.91. The Morgan fingerprint density at radius 2 is 1.77 bits per heavy atom. The Balaban J connectivity index is 1.59. The molecule has 0 aromatic heterocycles. The second kappa shape index (κ2) is 7.80. The van der Waals surface area contributed by atoms with Crippen LogP contribution in [0.15, 0.2) is 53.0 Å². The number of hydrogen-bond donors (Lipinski definition) is 1. The summed E-state index contributed by atoms with van der Waals surface area (Å²) in [7, 11) is 0. The molecule has 3 rings (SSSR count). The molecule has 0 saturated carbocycles. The number of piperidine rings is 1. The molecule has 0 atom stereocenters. The van der Waals surface area contributed by atoms with Crippen LogP contribution in [0, 0.1) is 5.92 Å². The fourth-order valence-electron chi connectivity index (χ4n) is 2.94. The van der Waals surface area contributed by atoms with Gasteiger partial charge < -0.3 is 10.1 Å². The number of halogens is 1. The first-order valence-electron chi connectivity index (χ1n) is 7.97. The largest absolute Gasteiger partial charge is 0.488 e. The van der Waals surface area contributed by atoms with Crippen molar-refractivity contribution in [1.82, 2.24) is 5.32 Å². The van der Waals surface area contributed by atoms with Gasteiger partial charge in [-0.3, -0.25) is 0 Å². The molecule has 1 heterocycles. The lowest BCUT2D eigenvalue weighted by Gasteiger charge is -2.22. The Bertz CT molecular complexity index is 594. The van der Waals surface area contributed by atoms with Gasteiger partial charge in [-0.25, -0.2) is 0 Å². The van der Waals surface area contributed by atoms with Crippen molar-refractivity contribution < 1.29 is 4.74 Å². The van der Waals surface area contributed by atoms with Gasteiger partial charge in [0.2, 0.25) is 0 Å². The Hall–Kier alpha value is -1.32. The van der Waals surface area contributed by atoms with Crippen LogP contribution >= 0.6 is 15.9 Å². The summed E-state index contributed by atoms with van der Waals surface area (Å²) in [5, 5.41) is 3.42. The normalized spacial score (nSPS) is 15.7. The highest BCUT2D eigenvalue weighted by atomic mass is 79.9. The van der Waals surface area contributed by atoms with E-state index in [-0.39, 0.29) is 0 Å². The molecule has 1 N–H and O–H groups in total. The Morgan fingerprint density at radius 3 is 2.50 bits per heavy atom. The molecule has 0 amide bonds. The summed E-state index contributed by atoms with van der Waals surface area (Å²) >= 11 is 3.65. The lowest BCUT2D eigenvalue weighted by molar-refractivity contribution is 0.304. The van der Waals surface area contributed by atoms with Crippen molar-refractivity contribution in [3.05, 3.63) is 64.1 Å². The number of rotatable bonds is 5. The molecule has 2 aromatic rings. The molecule has 1 aliphatic heterocycles. The van der Waals surface area contributed by atoms with Gasteiger partial charge in [0.1, 0.15) is 12.4 Å². The van der Waals surface area contributed by atoms with E-state index in [4.69, 9.17) is 4.74 Å². The van der Waals surface area contributed by atoms with Crippen LogP contribution in [0.2, 0.25) is 0 Å². The lowest BCUT2D eigenvalue weighted by Crippen LogP contribution is -2.28. The second-order valence-corrected chi connectivity index (χ2v) is 6.79. The van der Waals surface area contributed by atoms with E-state index < -0.39 is 0 Å². The molecular weight excluding hydrogens is 338 g/mol. The molecular formula is C19H22BrNO. The van der Waals surface area contributed by atoms with Crippen LogP contribution in [0.5, 0.6) is 5.75 Å². The van der Waals surface area contributed by atoms with E-state index in [1.165, 1.54) is 30.4 Å². The average Bonchev–Trinajstić information content (AvgIpc) is 2.56. The Morgan fingerprint density at radius 1 is 1.00 bits per heavy atom. The predicted octanol–water partition coefficient (Wildman–Crippen LogP) is 4.57. The summed E-state index contributed by atoms with van der Waals surface area (Å²) in [5.41, 5.74) is 2.58. The Kier molecular flexibility index (Phi) is 5.52. The molecule has 116 valence electrons. The van der Waals surface area contributed by atoms with Gasteiger partial charge in [0.25, 0.3) is 0 Å². The molecule has 1 fully saturated rings. The zero-order valence-corrected chi connectivity index (χ0v) is 14.3. The first kappa shape index (κ1) is 15.6. The van der Waals surface area contributed by atoms with Gasteiger partial charge in [0, 0.05) is 0 Å². The first-order chi connectivity index (χ1) is 10.8. The SMILES string of the molecule is Brc1cc(CC2CCNCC2)ccc1OCc1ccccc1. The van der Waals surface area contributed by atoms with Crippen LogP contribution in [0.1, 0.15) is 24.0 Å². The molecule has 22 heavy (non-hydrogen) atoms. The Labute approximate surface area is 141 Å². The summed E-state index contributed by atoms with van der Waals surface area (Å²) in [5.74, 6) is 1.72. The van der Waals surface area contributed by atoms with Crippen LogP contribution in [0.4, 0.5) is 0 Å². The van der Waals surface area contributed by atoms with Gasteiger partial charge in [-0.2, -0.15) is 0 Å². The number of hydrogen-bond acceptors (Lipinski definition) is 2. The minimum absolute atomic E-state index is 0.604. The van der Waals surface area contributed by atoms with Gasteiger partial charge in [-0.1, -0.05) is 36.4 Å². The van der Waals surface area contributed by atoms with Crippen LogP contribution in [0.3, 0.4) is 0 Å². The van der Waals surface area contributed by atoms with Crippen LogP contribution in [0.25, 0.3) is 0 Å². The summed E-state index contributed by atoms with van der Waals surface area (Å²) in [4.78, 5) is 0. The smallest absolute Gasteiger partial charge is 0.134 e. The van der Waals surface area contributed by atoms with E-state index in [0.29, 0.717) is 6.61 Å². The first-order valence-corrected chi connectivity index (χ1v) is 8.76. The molecule has 0 spiro atoms. The fourth-order valence-corrected chi connectivity index (χ4v) is 3.48. The molecule has 0 radical (unpaired) electrons. The molecule has 3 heteroatoms. The highest BCUT2D eigenvalue weighted by Crippen LogP contribution is 2.29. The van der Waals surface area contributed by atoms with E-state index in [1.54, 1.807) is 0 Å². The highest BCUT2D eigenvalue weighted by Gasteiger charge is 2.14. The standard InChI is InChI=1S/C19H22BrNO/c20-18-13-17(12-15-8-10-21-11-9-15)6-7-19(18)22-14-16-4-2-1-3-5-16/h1-7,13,15,21H,8-12,14H2. The highest BCUT2D eigenvalue weighted by molar-refractivity contribution is 9.10. The van der Waals surface area contributed by atoms with E-state index in [1.807, 2.05) is 18.2 Å². The zero-order valence-electron chi connectivity index (χ0n) is 12.7. The zero-order chi connectivity index (χ0) is 15.2. The van der Waals surface area contributed by atoms with E-state index >= 15 is 0 Å². The molecule has 1 saturated heterocycles. The summed E-state index contributed by atoms with van der Waals surface area (Å²) in [6, 6.07) is 16.8.